The molecule has 0 amide bonds. The van der Waals surface area contributed by atoms with Gasteiger partial charge in [0.15, 0.2) is 5.69 Å². The molecule has 0 saturated heterocycles. The van der Waals surface area contributed by atoms with Crippen molar-refractivity contribution in [2.24, 2.45) is 0 Å². The van der Waals surface area contributed by atoms with Crippen LogP contribution in [0.5, 0.6) is 0 Å². The normalized spacial score (nSPS) is 10.2. The van der Waals surface area contributed by atoms with Crippen molar-refractivity contribution in [1.29, 1.82) is 0 Å². The van der Waals surface area contributed by atoms with Crippen LogP contribution in [0.25, 0.3) is 0 Å². The Balaban J connectivity index is 2.15. The van der Waals surface area contributed by atoms with Gasteiger partial charge in [0.05, 0.1) is 0 Å². The molecule has 0 aliphatic rings. The van der Waals surface area contributed by atoms with Crippen molar-refractivity contribution < 1.29 is 14.3 Å². The smallest absolute Gasteiger partial charge is 0.354 e. The van der Waals surface area contributed by atoms with Crippen LogP contribution in [0, 0.1) is 5.82 Å². The number of carboxylic acid groups (broad SMARTS) is 1. The molecule has 0 aliphatic heterocycles. The van der Waals surface area contributed by atoms with E-state index < -0.39 is 5.97 Å². The topological polar surface area (TPSA) is 66.3 Å². The molecule has 6 heteroatoms. The van der Waals surface area contributed by atoms with E-state index in [4.69, 9.17) is 5.11 Å². The van der Waals surface area contributed by atoms with Crippen LogP contribution in [-0.4, -0.2) is 28.1 Å². The Morgan fingerprint density at radius 1 is 1.32 bits per heavy atom. The standard InChI is InChI=1S/C13H12FN3O2/c1-17(7-9-2-4-10(14)5-3-9)12-6-11(13(18)19)15-8-16-12/h2-6,8H,7H2,1H3,(H,18,19). The second-order valence-corrected chi connectivity index (χ2v) is 4.05. The van der Waals surface area contributed by atoms with E-state index in [2.05, 4.69) is 9.97 Å². The molecule has 2 aromatic rings. The van der Waals surface area contributed by atoms with Gasteiger partial charge in [0.1, 0.15) is 18.0 Å². The number of benzene rings is 1. The van der Waals surface area contributed by atoms with Crippen molar-refractivity contribution in [3.8, 4) is 0 Å². The fraction of sp³-hybridized carbons (Fsp3) is 0.154. The number of anilines is 1. The number of rotatable bonds is 4. The van der Waals surface area contributed by atoms with Crippen LogP contribution in [-0.2, 0) is 6.54 Å². The van der Waals surface area contributed by atoms with Crippen molar-refractivity contribution in [1.82, 2.24) is 9.97 Å². The summed E-state index contributed by atoms with van der Waals surface area (Å²) < 4.78 is 12.8. The molecule has 0 bridgehead atoms. The lowest BCUT2D eigenvalue weighted by atomic mass is 10.2. The summed E-state index contributed by atoms with van der Waals surface area (Å²) in [6.07, 6.45) is 1.21. The van der Waals surface area contributed by atoms with Gasteiger partial charge >= 0.3 is 5.97 Å². The Bertz CT molecular complexity index is 587. The molecule has 1 N–H and O–H groups in total. The molecule has 2 rings (SSSR count). The molecule has 0 fully saturated rings. The Kier molecular flexibility index (Phi) is 3.70. The minimum absolute atomic E-state index is 0.0593. The maximum absolute atomic E-state index is 12.8. The number of nitrogens with zero attached hydrogens (tertiary/aromatic N) is 3. The largest absolute Gasteiger partial charge is 0.477 e. The van der Waals surface area contributed by atoms with Gasteiger partial charge in [0.25, 0.3) is 0 Å². The van der Waals surface area contributed by atoms with Crippen LogP contribution in [0.1, 0.15) is 16.1 Å². The number of aromatic carboxylic acids is 1. The van der Waals surface area contributed by atoms with E-state index >= 15 is 0 Å². The first-order valence-corrected chi connectivity index (χ1v) is 5.57. The van der Waals surface area contributed by atoms with Crippen LogP contribution >= 0.6 is 0 Å². The molecule has 19 heavy (non-hydrogen) atoms. The summed E-state index contributed by atoms with van der Waals surface area (Å²) in [5.41, 5.74) is 0.843. The first-order chi connectivity index (χ1) is 9.06. The van der Waals surface area contributed by atoms with E-state index in [1.165, 1.54) is 24.5 Å². The number of hydrogen-bond donors (Lipinski definition) is 1. The third kappa shape index (κ3) is 3.25. The predicted molar refractivity (Wildman–Crippen MR) is 67.5 cm³/mol. The zero-order chi connectivity index (χ0) is 13.8. The van der Waals surface area contributed by atoms with Crippen molar-refractivity contribution >= 4 is 11.8 Å². The van der Waals surface area contributed by atoms with Crippen LogP contribution < -0.4 is 4.90 Å². The number of carboxylic acids is 1. The van der Waals surface area contributed by atoms with Crippen molar-refractivity contribution in [2.45, 2.75) is 6.54 Å². The van der Waals surface area contributed by atoms with E-state index in [1.807, 2.05) is 0 Å². The van der Waals surface area contributed by atoms with Gasteiger partial charge in [-0.25, -0.2) is 19.2 Å². The summed E-state index contributed by atoms with van der Waals surface area (Å²) >= 11 is 0. The van der Waals surface area contributed by atoms with Gasteiger partial charge < -0.3 is 10.0 Å². The molecule has 0 saturated carbocycles. The summed E-state index contributed by atoms with van der Waals surface area (Å²) in [6, 6.07) is 7.50. The van der Waals surface area contributed by atoms with E-state index in [1.54, 1.807) is 24.1 Å². The second kappa shape index (κ2) is 5.43. The fourth-order valence-corrected chi connectivity index (χ4v) is 1.62. The van der Waals surface area contributed by atoms with Gasteiger partial charge in [-0.2, -0.15) is 0 Å². The minimum Gasteiger partial charge on any atom is -0.477 e. The van der Waals surface area contributed by atoms with Crippen LogP contribution in [0.4, 0.5) is 10.2 Å². The first kappa shape index (κ1) is 12.9. The molecule has 1 heterocycles. The highest BCUT2D eigenvalue weighted by Crippen LogP contribution is 2.13. The summed E-state index contributed by atoms with van der Waals surface area (Å²) in [5, 5.41) is 8.86. The molecule has 0 aliphatic carbocycles. The maximum atomic E-state index is 12.8. The lowest BCUT2D eigenvalue weighted by Crippen LogP contribution is -2.18. The predicted octanol–water partition coefficient (Wildman–Crippen LogP) is 1.95. The fourth-order valence-electron chi connectivity index (χ4n) is 1.62. The number of hydrogen-bond acceptors (Lipinski definition) is 4. The third-order valence-electron chi connectivity index (χ3n) is 2.60. The maximum Gasteiger partial charge on any atom is 0.354 e. The highest BCUT2D eigenvalue weighted by Gasteiger charge is 2.09. The molecule has 1 aromatic heterocycles. The SMILES string of the molecule is CN(Cc1ccc(F)cc1)c1cc(C(=O)O)ncn1. The van der Waals surface area contributed by atoms with Gasteiger partial charge in [-0.3, -0.25) is 0 Å². The van der Waals surface area contributed by atoms with Crippen LogP contribution in [0.2, 0.25) is 0 Å². The van der Waals surface area contributed by atoms with Gasteiger partial charge in [-0.05, 0) is 17.7 Å². The Hall–Kier alpha value is -2.50. The summed E-state index contributed by atoms with van der Waals surface area (Å²) in [5.74, 6) is -0.892. The van der Waals surface area contributed by atoms with Gasteiger partial charge in [-0.15, -0.1) is 0 Å². The summed E-state index contributed by atoms with van der Waals surface area (Å²) in [6.45, 7) is 0.496. The van der Waals surface area contributed by atoms with Crippen molar-refractivity contribution in [2.75, 3.05) is 11.9 Å². The number of aromatic nitrogens is 2. The number of halogens is 1. The molecule has 0 spiro atoms. The van der Waals surface area contributed by atoms with Crippen molar-refractivity contribution in [3.05, 3.63) is 53.7 Å². The van der Waals surface area contributed by atoms with Gasteiger partial charge in [0, 0.05) is 19.7 Å². The highest BCUT2D eigenvalue weighted by atomic mass is 19.1. The lowest BCUT2D eigenvalue weighted by Gasteiger charge is -2.18. The average molecular weight is 261 g/mol. The van der Waals surface area contributed by atoms with E-state index in [0.29, 0.717) is 12.4 Å². The molecule has 0 unspecified atom stereocenters. The molecule has 0 radical (unpaired) electrons. The van der Waals surface area contributed by atoms with E-state index in [0.717, 1.165) is 5.56 Å². The van der Waals surface area contributed by atoms with Crippen molar-refractivity contribution in [3.63, 3.8) is 0 Å². The Labute approximate surface area is 109 Å². The molecule has 0 atom stereocenters. The first-order valence-electron chi connectivity index (χ1n) is 5.57. The molecule has 1 aromatic carbocycles. The molecular formula is C13H12FN3O2. The highest BCUT2D eigenvalue weighted by molar-refractivity contribution is 5.86. The van der Waals surface area contributed by atoms with Gasteiger partial charge in [-0.1, -0.05) is 12.1 Å². The van der Waals surface area contributed by atoms with E-state index in [-0.39, 0.29) is 11.5 Å². The summed E-state index contributed by atoms with van der Waals surface area (Å²) in [7, 11) is 1.78. The summed E-state index contributed by atoms with van der Waals surface area (Å²) in [4.78, 5) is 20.3. The third-order valence-corrected chi connectivity index (χ3v) is 2.60. The van der Waals surface area contributed by atoms with Crippen LogP contribution in [0.3, 0.4) is 0 Å². The zero-order valence-corrected chi connectivity index (χ0v) is 10.2. The van der Waals surface area contributed by atoms with Crippen LogP contribution in [0.15, 0.2) is 36.7 Å². The quantitative estimate of drug-likeness (QED) is 0.911. The second-order valence-electron chi connectivity index (χ2n) is 4.05. The molecular weight excluding hydrogens is 249 g/mol. The van der Waals surface area contributed by atoms with E-state index in [9.17, 15) is 9.18 Å². The Morgan fingerprint density at radius 2 is 2.00 bits per heavy atom. The zero-order valence-electron chi connectivity index (χ0n) is 10.2. The number of carbonyl (C=O) groups is 1. The monoisotopic (exact) mass is 261 g/mol. The average Bonchev–Trinajstić information content (AvgIpc) is 2.41. The molecule has 98 valence electrons. The molecule has 5 nitrogen and oxygen atoms in total. The Morgan fingerprint density at radius 3 is 2.63 bits per heavy atom. The lowest BCUT2D eigenvalue weighted by molar-refractivity contribution is 0.0690. The van der Waals surface area contributed by atoms with Gasteiger partial charge in [0.2, 0.25) is 0 Å². The minimum atomic E-state index is -1.10.